The van der Waals surface area contributed by atoms with E-state index >= 15 is 0 Å². The number of urea groups is 1. The molecule has 27 heavy (non-hydrogen) atoms. The molecule has 8 heteroatoms. The minimum absolute atomic E-state index is 0.0756. The Morgan fingerprint density at radius 1 is 1.11 bits per heavy atom. The molecular formula is C19H25N5O3. The Morgan fingerprint density at radius 3 is 2.52 bits per heavy atom. The van der Waals surface area contributed by atoms with E-state index in [1.54, 1.807) is 13.2 Å². The third kappa shape index (κ3) is 4.39. The van der Waals surface area contributed by atoms with Crippen molar-refractivity contribution in [1.29, 1.82) is 0 Å². The van der Waals surface area contributed by atoms with Crippen LogP contribution in [0.3, 0.4) is 0 Å². The molecule has 0 unspecified atom stereocenters. The van der Waals surface area contributed by atoms with Gasteiger partial charge in [0.1, 0.15) is 5.82 Å². The number of rotatable bonds is 5. The highest BCUT2D eigenvalue weighted by atomic mass is 16.5. The SMILES string of the molecule is CCc1ccccc1NC(=O)N1CCN(c2cc(OC)nc(OC)n2)CC1. The van der Waals surface area contributed by atoms with Crippen molar-refractivity contribution in [2.24, 2.45) is 0 Å². The first-order valence-corrected chi connectivity index (χ1v) is 9.00. The second kappa shape index (κ2) is 8.57. The molecule has 3 rings (SSSR count). The van der Waals surface area contributed by atoms with E-state index in [9.17, 15) is 4.79 Å². The third-order valence-corrected chi connectivity index (χ3v) is 4.59. The van der Waals surface area contributed by atoms with Crippen molar-refractivity contribution in [1.82, 2.24) is 14.9 Å². The van der Waals surface area contributed by atoms with Crippen molar-refractivity contribution in [2.45, 2.75) is 13.3 Å². The number of benzene rings is 1. The third-order valence-electron chi connectivity index (χ3n) is 4.59. The first-order valence-electron chi connectivity index (χ1n) is 9.00. The smallest absolute Gasteiger partial charge is 0.321 e. The molecule has 1 aliphatic rings. The number of para-hydroxylation sites is 1. The molecule has 1 fully saturated rings. The number of anilines is 2. The van der Waals surface area contributed by atoms with Crippen molar-refractivity contribution in [3.8, 4) is 11.9 Å². The van der Waals surface area contributed by atoms with Crippen molar-refractivity contribution >= 4 is 17.5 Å². The standard InChI is InChI=1S/C19H25N5O3/c1-4-14-7-5-6-8-15(14)20-19(25)24-11-9-23(10-12-24)16-13-17(26-2)22-18(21-16)27-3/h5-8,13H,4,9-12H2,1-3H3,(H,20,25). The van der Waals surface area contributed by atoms with E-state index in [4.69, 9.17) is 9.47 Å². The predicted octanol–water partition coefficient (Wildman–Crippen LogP) is 2.41. The maximum atomic E-state index is 12.6. The van der Waals surface area contributed by atoms with Crippen LogP contribution in [0.4, 0.5) is 16.3 Å². The molecule has 8 nitrogen and oxygen atoms in total. The summed E-state index contributed by atoms with van der Waals surface area (Å²) < 4.78 is 10.3. The molecule has 1 saturated heterocycles. The van der Waals surface area contributed by atoms with Crippen molar-refractivity contribution in [3.63, 3.8) is 0 Å². The molecule has 2 amide bonds. The normalized spacial score (nSPS) is 14.0. The van der Waals surface area contributed by atoms with Crippen molar-refractivity contribution in [3.05, 3.63) is 35.9 Å². The Labute approximate surface area is 159 Å². The molecule has 2 aromatic rings. The number of carbonyl (C=O) groups is 1. The molecule has 2 heterocycles. The van der Waals surface area contributed by atoms with Gasteiger partial charge in [-0.3, -0.25) is 0 Å². The van der Waals surface area contributed by atoms with Gasteiger partial charge >= 0.3 is 12.0 Å². The number of hydrogen-bond donors (Lipinski definition) is 1. The summed E-state index contributed by atoms with van der Waals surface area (Å²) in [4.78, 5) is 25.0. The van der Waals surface area contributed by atoms with Gasteiger partial charge in [0.2, 0.25) is 5.88 Å². The average Bonchev–Trinajstić information content (AvgIpc) is 2.73. The minimum Gasteiger partial charge on any atom is -0.481 e. The van der Waals surface area contributed by atoms with Crippen LogP contribution in [0.2, 0.25) is 0 Å². The van der Waals surface area contributed by atoms with Crippen LogP contribution in [0, 0.1) is 0 Å². The van der Waals surface area contributed by atoms with E-state index in [2.05, 4.69) is 27.1 Å². The zero-order chi connectivity index (χ0) is 19.2. The molecule has 0 bridgehead atoms. The molecule has 0 radical (unpaired) electrons. The molecular weight excluding hydrogens is 346 g/mol. The van der Waals surface area contributed by atoms with Gasteiger partial charge in [0.25, 0.3) is 0 Å². The fourth-order valence-electron chi connectivity index (χ4n) is 3.03. The Balaban J connectivity index is 1.62. The largest absolute Gasteiger partial charge is 0.481 e. The van der Waals surface area contributed by atoms with Gasteiger partial charge < -0.3 is 24.6 Å². The van der Waals surface area contributed by atoms with Gasteiger partial charge in [0.05, 0.1) is 14.2 Å². The highest BCUT2D eigenvalue weighted by Crippen LogP contribution is 2.22. The predicted molar refractivity (Wildman–Crippen MR) is 104 cm³/mol. The summed E-state index contributed by atoms with van der Waals surface area (Å²) in [6, 6.07) is 9.85. The Kier molecular flexibility index (Phi) is 5.95. The van der Waals surface area contributed by atoms with Gasteiger partial charge in [-0.05, 0) is 18.1 Å². The van der Waals surface area contributed by atoms with Gasteiger partial charge in [0.15, 0.2) is 0 Å². The molecule has 0 spiro atoms. The Morgan fingerprint density at radius 2 is 1.85 bits per heavy atom. The first-order chi connectivity index (χ1) is 13.1. The lowest BCUT2D eigenvalue weighted by atomic mass is 10.1. The number of methoxy groups -OCH3 is 2. The van der Waals surface area contributed by atoms with Crippen LogP contribution >= 0.6 is 0 Å². The number of piperazine rings is 1. The van der Waals surface area contributed by atoms with Crippen LogP contribution in [0.1, 0.15) is 12.5 Å². The van der Waals surface area contributed by atoms with Crippen LogP contribution in [0.15, 0.2) is 30.3 Å². The number of nitrogens with one attached hydrogen (secondary N) is 1. The van der Waals surface area contributed by atoms with E-state index in [0.29, 0.717) is 32.1 Å². The Bertz CT molecular complexity index is 768. The summed E-state index contributed by atoms with van der Waals surface area (Å²) in [5.41, 5.74) is 2.00. The summed E-state index contributed by atoms with van der Waals surface area (Å²) in [5.74, 6) is 1.18. The second-order valence-electron chi connectivity index (χ2n) is 6.17. The summed E-state index contributed by atoms with van der Waals surface area (Å²) in [6.45, 7) is 4.63. The quantitative estimate of drug-likeness (QED) is 0.869. The topological polar surface area (TPSA) is 79.8 Å². The van der Waals surface area contributed by atoms with Crippen LogP contribution < -0.4 is 19.7 Å². The molecule has 0 aliphatic carbocycles. The summed E-state index contributed by atoms with van der Waals surface area (Å²) in [6.07, 6.45) is 0.877. The van der Waals surface area contributed by atoms with E-state index in [0.717, 1.165) is 23.5 Å². The number of amides is 2. The Hall–Kier alpha value is -3.03. The maximum Gasteiger partial charge on any atom is 0.321 e. The summed E-state index contributed by atoms with van der Waals surface area (Å²) >= 11 is 0. The van der Waals surface area contributed by atoms with E-state index in [1.165, 1.54) is 7.11 Å². The monoisotopic (exact) mass is 371 g/mol. The molecule has 1 aromatic heterocycles. The van der Waals surface area contributed by atoms with E-state index in [1.807, 2.05) is 29.2 Å². The van der Waals surface area contributed by atoms with Crippen LogP contribution in [0.5, 0.6) is 11.9 Å². The van der Waals surface area contributed by atoms with Gasteiger partial charge in [-0.25, -0.2) is 4.79 Å². The van der Waals surface area contributed by atoms with Crippen molar-refractivity contribution < 1.29 is 14.3 Å². The number of ether oxygens (including phenoxy) is 2. The molecule has 0 saturated carbocycles. The highest BCUT2D eigenvalue weighted by Gasteiger charge is 2.23. The molecule has 144 valence electrons. The van der Waals surface area contributed by atoms with Gasteiger partial charge in [0, 0.05) is 37.9 Å². The molecule has 1 aliphatic heterocycles. The lowest BCUT2D eigenvalue weighted by Gasteiger charge is -2.35. The fraction of sp³-hybridized carbons (Fsp3) is 0.421. The molecule has 1 N–H and O–H groups in total. The number of aromatic nitrogens is 2. The number of hydrogen-bond acceptors (Lipinski definition) is 6. The zero-order valence-electron chi connectivity index (χ0n) is 15.9. The van der Waals surface area contributed by atoms with E-state index < -0.39 is 0 Å². The lowest BCUT2D eigenvalue weighted by Crippen LogP contribution is -2.50. The number of nitrogens with zero attached hydrogens (tertiary/aromatic N) is 4. The van der Waals surface area contributed by atoms with Gasteiger partial charge in [-0.2, -0.15) is 9.97 Å². The highest BCUT2D eigenvalue weighted by molar-refractivity contribution is 5.90. The molecule has 0 atom stereocenters. The summed E-state index contributed by atoms with van der Waals surface area (Å²) in [5, 5.41) is 3.03. The van der Waals surface area contributed by atoms with E-state index in [-0.39, 0.29) is 12.0 Å². The number of carbonyl (C=O) groups excluding carboxylic acids is 1. The second-order valence-corrected chi connectivity index (χ2v) is 6.17. The zero-order valence-corrected chi connectivity index (χ0v) is 15.9. The molecule has 1 aromatic carbocycles. The first kappa shape index (κ1) is 18.8. The summed E-state index contributed by atoms with van der Waals surface area (Å²) in [7, 11) is 3.08. The lowest BCUT2D eigenvalue weighted by molar-refractivity contribution is 0.208. The van der Waals surface area contributed by atoms with Crippen molar-refractivity contribution in [2.75, 3.05) is 50.6 Å². The number of aryl methyl sites for hydroxylation is 1. The maximum absolute atomic E-state index is 12.6. The van der Waals surface area contributed by atoms with Gasteiger partial charge in [-0.15, -0.1) is 0 Å². The van der Waals surface area contributed by atoms with Crippen LogP contribution in [-0.2, 0) is 6.42 Å². The van der Waals surface area contributed by atoms with Crippen LogP contribution in [0.25, 0.3) is 0 Å². The average molecular weight is 371 g/mol. The van der Waals surface area contributed by atoms with Gasteiger partial charge in [-0.1, -0.05) is 25.1 Å². The van der Waals surface area contributed by atoms with Crippen LogP contribution in [-0.4, -0.2) is 61.3 Å². The minimum atomic E-state index is -0.0756. The fourth-order valence-corrected chi connectivity index (χ4v) is 3.03.